The first-order valence-electron chi connectivity index (χ1n) is 8.75. The van der Waals surface area contributed by atoms with Crippen molar-refractivity contribution < 1.29 is 9.47 Å². The van der Waals surface area contributed by atoms with Gasteiger partial charge in [0.25, 0.3) is 0 Å². The topological polar surface area (TPSA) is 88.1 Å². The third-order valence-electron chi connectivity index (χ3n) is 4.25. The smallest absolute Gasteiger partial charge is 0.210 e. The molecule has 2 aromatic heterocycles. The molecule has 0 spiro atoms. The second kappa shape index (κ2) is 8.54. The normalized spacial score (nSPS) is 10.8. The van der Waals surface area contributed by atoms with E-state index < -0.39 is 0 Å². The highest BCUT2D eigenvalue weighted by atomic mass is 32.2. The van der Waals surface area contributed by atoms with Crippen molar-refractivity contribution in [3.8, 4) is 33.5 Å². The molecule has 29 heavy (non-hydrogen) atoms. The Bertz CT molecular complexity index is 1130. The number of benzene rings is 2. The van der Waals surface area contributed by atoms with E-state index in [0.29, 0.717) is 22.5 Å². The van der Waals surface area contributed by atoms with Crippen LogP contribution in [0, 0.1) is 0 Å². The minimum absolute atomic E-state index is 0.554. The Hall–Kier alpha value is -3.04. The van der Waals surface area contributed by atoms with Gasteiger partial charge < -0.3 is 15.3 Å². The van der Waals surface area contributed by atoms with Crippen molar-refractivity contribution in [2.75, 3.05) is 20.1 Å². The highest BCUT2D eigenvalue weighted by Crippen LogP contribution is 2.34. The zero-order valence-corrected chi connectivity index (χ0v) is 17.5. The van der Waals surface area contributed by atoms with Crippen molar-refractivity contribution >= 4 is 23.1 Å². The maximum Gasteiger partial charge on any atom is 0.210 e. The largest absolute Gasteiger partial charge is 0.496 e. The number of nitrogen functional groups attached to an aromatic ring is 1. The van der Waals surface area contributed by atoms with Crippen LogP contribution in [0.15, 0.2) is 59.1 Å². The molecule has 0 aliphatic carbocycles. The maximum atomic E-state index is 6.24. The van der Waals surface area contributed by atoms with Gasteiger partial charge in [0.15, 0.2) is 5.82 Å². The molecule has 0 aliphatic heterocycles. The summed E-state index contributed by atoms with van der Waals surface area (Å²) in [5.74, 6) is 8.93. The van der Waals surface area contributed by atoms with Crippen LogP contribution in [0.4, 0.5) is 0 Å². The van der Waals surface area contributed by atoms with E-state index in [1.807, 2.05) is 53.9 Å². The highest BCUT2D eigenvalue weighted by molar-refractivity contribution is 7.98. The van der Waals surface area contributed by atoms with Gasteiger partial charge in [-0.2, -0.15) is 0 Å². The fourth-order valence-corrected chi connectivity index (χ4v) is 4.55. The van der Waals surface area contributed by atoms with Gasteiger partial charge in [-0.1, -0.05) is 36.0 Å². The van der Waals surface area contributed by atoms with Crippen molar-refractivity contribution in [3.63, 3.8) is 0 Å². The Morgan fingerprint density at radius 2 is 1.62 bits per heavy atom. The maximum absolute atomic E-state index is 6.24. The molecule has 0 radical (unpaired) electrons. The van der Waals surface area contributed by atoms with Crippen molar-refractivity contribution in [2.24, 2.45) is 0 Å². The minimum atomic E-state index is 0.554. The van der Waals surface area contributed by atoms with Crippen LogP contribution in [0.2, 0.25) is 0 Å². The van der Waals surface area contributed by atoms with E-state index in [2.05, 4.69) is 10.2 Å². The van der Waals surface area contributed by atoms with Crippen molar-refractivity contribution in [1.29, 1.82) is 0 Å². The molecule has 0 saturated heterocycles. The van der Waals surface area contributed by atoms with Crippen LogP contribution in [0.25, 0.3) is 22.0 Å². The Morgan fingerprint density at radius 1 is 0.966 bits per heavy atom. The van der Waals surface area contributed by atoms with Crippen LogP contribution in [0.3, 0.4) is 0 Å². The Morgan fingerprint density at radius 3 is 2.34 bits per heavy atom. The molecule has 2 aromatic carbocycles. The molecular formula is C20H19N5O2S2. The first-order chi connectivity index (χ1) is 14.2. The molecule has 7 nitrogen and oxygen atoms in total. The lowest BCUT2D eigenvalue weighted by Gasteiger charge is -2.07. The predicted molar refractivity (Wildman–Crippen MR) is 116 cm³/mol. The number of nitrogens with two attached hydrogens (primary N) is 1. The van der Waals surface area contributed by atoms with Gasteiger partial charge in [-0.15, -0.1) is 21.5 Å². The molecule has 0 bridgehead atoms. The SMILES string of the molecule is COc1ccccc1-c1nc(CSc2nnc(-c3ccccc3OC)n2N)cs1. The summed E-state index contributed by atoms with van der Waals surface area (Å²) >= 11 is 3.07. The number of rotatable bonds is 7. The fraction of sp³-hybridized carbons (Fsp3) is 0.150. The van der Waals surface area contributed by atoms with Crippen LogP contribution in [0.1, 0.15) is 5.69 Å². The van der Waals surface area contributed by atoms with Gasteiger partial charge in [-0.05, 0) is 24.3 Å². The molecule has 0 atom stereocenters. The lowest BCUT2D eigenvalue weighted by molar-refractivity contribution is 0.416. The quantitative estimate of drug-likeness (QED) is 0.352. The summed E-state index contributed by atoms with van der Waals surface area (Å²) in [6, 6.07) is 15.4. The van der Waals surface area contributed by atoms with Crippen LogP contribution < -0.4 is 15.3 Å². The van der Waals surface area contributed by atoms with E-state index in [1.165, 1.54) is 16.4 Å². The number of ether oxygens (including phenoxy) is 2. The molecule has 4 aromatic rings. The Kier molecular flexibility index (Phi) is 5.68. The monoisotopic (exact) mass is 425 g/mol. The summed E-state index contributed by atoms with van der Waals surface area (Å²) < 4.78 is 12.3. The third-order valence-corrected chi connectivity index (χ3v) is 6.15. The molecule has 0 fully saturated rings. The van der Waals surface area contributed by atoms with E-state index >= 15 is 0 Å². The molecular weight excluding hydrogens is 406 g/mol. The molecule has 148 valence electrons. The number of hydrogen-bond donors (Lipinski definition) is 1. The second-order valence-electron chi connectivity index (χ2n) is 6.01. The number of thioether (sulfide) groups is 1. The summed E-state index contributed by atoms with van der Waals surface area (Å²) in [6.45, 7) is 0. The van der Waals surface area contributed by atoms with E-state index in [0.717, 1.165) is 27.6 Å². The molecule has 0 unspecified atom stereocenters. The van der Waals surface area contributed by atoms with Gasteiger partial charge in [-0.3, -0.25) is 0 Å². The summed E-state index contributed by atoms with van der Waals surface area (Å²) in [4.78, 5) is 4.73. The summed E-state index contributed by atoms with van der Waals surface area (Å²) in [5.41, 5.74) is 2.73. The number of thiazole rings is 1. The average molecular weight is 426 g/mol. The van der Waals surface area contributed by atoms with E-state index in [4.69, 9.17) is 20.3 Å². The van der Waals surface area contributed by atoms with Gasteiger partial charge in [0, 0.05) is 11.1 Å². The second-order valence-corrected chi connectivity index (χ2v) is 7.81. The van der Waals surface area contributed by atoms with Crippen LogP contribution >= 0.6 is 23.1 Å². The number of nitrogens with zero attached hydrogens (tertiary/aromatic N) is 4. The van der Waals surface area contributed by atoms with Gasteiger partial charge >= 0.3 is 0 Å². The van der Waals surface area contributed by atoms with Crippen LogP contribution in [-0.2, 0) is 5.75 Å². The zero-order valence-electron chi connectivity index (χ0n) is 15.9. The van der Waals surface area contributed by atoms with Crippen molar-refractivity contribution in [1.82, 2.24) is 19.9 Å². The van der Waals surface area contributed by atoms with Gasteiger partial charge in [0.1, 0.15) is 16.5 Å². The summed E-state index contributed by atoms with van der Waals surface area (Å²) in [6.07, 6.45) is 0. The zero-order chi connectivity index (χ0) is 20.2. The number of para-hydroxylation sites is 2. The standard InChI is InChI=1S/C20H19N5O2S2/c1-26-16-9-5-3-7-14(16)18-23-24-20(25(18)21)29-12-13-11-28-19(22-13)15-8-4-6-10-17(15)27-2/h3-11H,12,21H2,1-2H3. The number of aromatic nitrogens is 4. The Balaban J connectivity index is 1.51. The first kappa shape index (κ1) is 19.3. The molecule has 0 aliphatic rings. The van der Waals surface area contributed by atoms with E-state index in [9.17, 15) is 0 Å². The molecule has 0 amide bonds. The molecule has 4 rings (SSSR count). The third kappa shape index (κ3) is 3.92. The van der Waals surface area contributed by atoms with Crippen molar-refractivity contribution in [3.05, 3.63) is 59.6 Å². The lowest BCUT2D eigenvalue weighted by Crippen LogP contribution is -2.12. The fourth-order valence-electron chi connectivity index (χ4n) is 2.85. The van der Waals surface area contributed by atoms with Crippen molar-refractivity contribution in [2.45, 2.75) is 10.9 Å². The Labute approximate surface area is 176 Å². The molecule has 9 heteroatoms. The van der Waals surface area contributed by atoms with Crippen LogP contribution in [0.5, 0.6) is 11.5 Å². The minimum Gasteiger partial charge on any atom is -0.496 e. The summed E-state index contributed by atoms with van der Waals surface area (Å²) in [5, 5.41) is 12.0. The molecule has 2 N–H and O–H groups in total. The number of hydrogen-bond acceptors (Lipinski definition) is 8. The lowest BCUT2D eigenvalue weighted by atomic mass is 10.2. The summed E-state index contributed by atoms with van der Waals surface area (Å²) in [7, 11) is 3.28. The predicted octanol–water partition coefficient (Wildman–Crippen LogP) is 4.09. The van der Waals surface area contributed by atoms with Gasteiger partial charge in [0.05, 0.1) is 31.0 Å². The average Bonchev–Trinajstić information content (AvgIpc) is 3.38. The van der Waals surface area contributed by atoms with Gasteiger partial charge in [-0.25, -0.2) is 9.66 Å². The highest BCUT2D eigenvalue weighted by Gasteiger charge is 2.16. The molecule has 0 saturated carbocycles. The number of methoxy groups -OCH3 is 2. The van der Waals surface area contributed by atoms with Crippen LogP contribution in [-0.4, -0.2) is 34.1 Å². The van der Waals surface area contributed by atoms with Gasteiger partial charge in [0.2, 0.25) is 5.16 Å². The first-order valence-corrected chi connectivity index (χ1v) is 10.6. The van der Waals surface area contributed by atoms with E-state index in [-0.39, 0.29) is 0 Å². The molecule has 2 heterocycles. The van der Waals surface area contributed by atoms with E-state index in [1.54, 1.807) is 25.6 Å².